The second kappa shape index (κ2) is 5.25. The van der Waals surface area contributed by atoms with Crippen molar-refractivity contribution < 1.29 is 8.42 Å². The van der Waals surface area contributed by atoms with Gasteiger partial charge in [-0.2, -0.15) is 0 Å². The van der Waals surface area contributed by atoms with E-state index in [1.165, 1.54) is 0 Å². The van der Waals surface area contributed by atoms with Gasteiger partial charge in [0.25, 0.3) is 0 Å². The predicted octanol–water partition coefficient (Wildman–Crippen LogP) is 1.21. The second-order valence-corrected chi connectivity index (χ2v) is 8.64. The summed E-state index contributed by atoms with van der Waals surface area (Å²) in [4.78, 5) is 4.17. The lowest BCUT2D eigenvalue weighted by atomic mass is 10.1. The molecule has 1 unspecified atom stereocenters. The van der Waals surface area contributed by atoms with Gasteiger partial charge < -0.3 is 9.88 Å². The van der Waals surface area contributed by atoms with Crippen molar-refractivity contribution in [3.8, 4) is 0 Å². The zero-order valence-electron chi connectivity index (χ0n) is 11.9. The van der Waals surface area contributed by atoms with Gasteiger partial charge in [-0.25, -0.2) is 13.4 Å². The van der Waals surface area contributed by atoms with E-state index in [4.69, 9.17) is 0 Å². The van der Waals surface area contributed by atoms with Gasteiger partial charge in [0.2, 0.25) is 0 Å². The lowest BCUT2D eigenvalue weighted by molar-refractivity contribution is 0.407. The Labute approximate surface area is 115 Å². The number of nitrogens with one attached hydrogen (secondary N) is 1. The molecule has 1 aliphatic rings. The number of aromatic nitrogens is 2. The maximum Gasteiger partial charge on any atom is 0.150 e. The van der Waals surface area contributed by atoms with E-state index >= 15 is 0 Å². The quantitative estimate of drug-likeness (QED) is 0.903. The van der Waals surface area contributed by atoms with Gasteiger partial charge in [-0.3, -0.25) is 0 Å². The molecule has 19 heavy (non-hydrogen) atoms. The maximum atomic E-state index is 11.5. The first kappa shape index (κ1) is 14.5. The van der Waals surface area contributed by atoms with Gasteiger partial charge in [-0.1, -0.05) is 0 Å². The van der Waals surface area contributed by atoms with E-state index in [0.29, 0.717) is 11.5 Å². The molecule has 1 saturated heterocycles. The summed E-state index contributed by atoms with van der Waals surface area (Å²) in [6, 6.07) is 0. The van der Waals surface area contributed by atoms with Crippen molar-refractivity contribution in [1.29, 1.82) is 0 Å². The molecule has 1 atom stereocenters. The van der Waals surface area contributed by atoms with Crippen LogP contribution in [0.25, 0.3) is 0 Å². The third-order valence-electron chi connectivity index (χ3n) is 3.38. The SMILES string of the molecule is CC(C)(C)NCc1cncn1CC1CCS(=O)(=O)C1. The first-order valence-electron chi connectivity index (χ1n) is 6.70. The highest BCUT2D eigenvalue weighted by atomic mass is 32.2. The fourth-order valence-electron chi connectivity index (χ4n) is 2.31. The molecule has 0 saturated carbocycles. The Balaban J connectivity index is 1.97. The second-order valence-electron chi connectivity index (χ2n) is 6.41. The van der Waals surface area contributed by atoms with Crippen molar-refractivity contribution in [2.75, 3.05) is 11.5 Å². The van der Waals surface area contributed by atoms with Crippen molar-refractivity contribution in [1.82, 2.24) is 14.9 Å². The Kier molecular flexibility index (Phi) is 4.01. The molecule has 0 aromatic carbocycles. The number of imidazole rings is 1. The van der Waals surface area contributed by atoms with Crippen molar-refractivity contribution in [3.63, 3.8) is 0 Å². The van der Waals surface area contributed by atoms with Gasteiger partial charge in [0.05, 0.1) is 23.5 Å². The number of hydrogen-bond acceptors (Lipinski definition) is 4. The number of rotatable bonds is 4. The van der Waals surface area contributed by atoms with Crippen LogP contribution in [0.4, 0.5) is 0 Å². The molecule has 5 nitrogen and oxygen atoms in total. The molecular weight excluding hydrogens is 262 g/mol. The minimum Gasteiger partial charge on any atom is -0.333 e. The molecule has 108 valence electrons. The number of sulfone groups is 1. The molecule has 2 heterocycles. The zero-order valence-corrected chi connectivity index (χ0v) is 12.7. The molecular formula is C13H23N3O2S. The summed E-state index contributed by atoms with van der Waals surface area (Å²) in [5.41, 5.74) is 1.17. The van der Waals surface area contributed by atoms with Crippen molar-refractivity contribution in [2.45, 2.75) is 45.8 Å². The van der Waals surface area contributed by atoms with Gasteiger partial charge in [-0.15, -0.1) is 0 Å². The normalized spacial score (nSPS) is 22.8. The summed E-state index contributed by atoms with van der Waals surface area (Å²) in [5.74, 6) is 0.881. The lowest BCUT2D eigenvalue weighted by Gasteiger charge is -2.21. The van der Waals surface area contributed by atoms with Gasteiger partial charge >= 0.3 is 0 Å². The van der Waals surface area contributed by atoms with Crippen LogP contribution in [0, 0.1) is 5.92 Å². The third-order valence-corrected chi connectivity index (χ3v) is 5.22. The van der Waals surface area contributed by atoms with E-state index in [9.17, 15) is 8.42 Å². The third kappa shape index (κ3) is 4.31. The van der Waals surface area contributed by atoms with Crippen molar-refractivity contribution in [3.05, 3.63) is 18.2 Å². The van der Waals surface area contributed by atoms with E-state index < -0.39 is 9.84 Å². The lowest BCUT2D eigenvalue weighted by Crippen LogP contribution is -2.35. The van der Waals surface area contributed by atoms with Crippen LogP contribution in [-0.4, -0.2) is 35.0 Å². The summed E-state index contributed by atoms with van der Waals surface area (Å²) < 4.78 is 25.0. The zero-order chi connectivity index (χ0) is 14.1. The largest absolute Gasteiger partial charge is 0.333 e. The smallest absolute Gasteiger partial charge is 0.150 e. The molecule has 1 aromatic heterocycles. The minimum absolute atomic E-state index is 0.0613. The average molecular weight is 285 g/mol. The molecule has 0 bridgehead atoms. The van der Waals surface area contributed by atoms with Crippen LogP contribution >= 0.6 is 0 Å². The maximum absolute atomic E-state index is 11.5. The molecule has 1 N–H and O–H groups in total. The molecule has 6 heteroatoms. The summed E-state index contributed by atoms with van der Waals surface area (Å²) in [5, 5.41) is 3.43. The molecule has 0 aliphatic carbocycles. The van der Waals surface area contributed by atoms with E-state index in [0.717, 1.165) is 25.2 Å². The van der Waals surface area contributed by atoms with Gasteiger partial charge in [0, 0.05) is 24.8 Å². The monoisotopic (exact) mass is 285 g/mol. The summed E-state index contributed by atoms with van der Waals surface area (Å²) in [6.45, 7) is 7.87. The Morgan fingerprint density at radius 1 is 1.47 bits per heavy atom. The Bertz CT molecular complexity index is 528. The van der Waals surface area contributed by atoms with Crippen LogP contribution in [-0.2, 0) is 22.9 Å². The van der Waals surface area contributed by atoms with E-state index in [2.05, 4.69) is 35.6 Å². The highest BCUT2D eigenvalue weighted by molar-refractivity contribution is 7.91. The first-order chi connectivity index (χ1) is 8.75. The van der Waals surface area contributed by atoms with Gasteiger partial charge in [0.1, 0.15) is 0 Å². The molecule has 0 amide bonds. The minimum atomic E-state index is -2.80. The number of hydrogen-bond donors (Lipinski definition) is 1. The fourth-order valence-corrected chi connectivity index (χ4v) is 4.16. The van der Waals surface area contributed by atoms with Gasteiger partial charge in [0.15, 0.2) is 9.84 Å². The number of nitrogens with zero attached hydrogens (tertiary/aromatic N) is 2. The molecule has 1 aliphatic heterocycles. The van der Waals surface area contributed by atoms with Crippen LogP contribution in [0.2, 0.25) is 0 Å². The summed E-state index contributed by atoms with van der Waals surface area (Å²) in [7, 11) is -2.80. The van der Waals surface area contributed by atoms with Crippen LogP contribution < -0.4 is 5.32 Å². The van der Waals surface area contributed by atoms with E-state index in [-0.39, 0.29) is 11.5 Å². The van der Waals surface area contributed by atoms with Crippen LogP contribution in [0.1, 0.15) is 32.9 Å². The van der Waals surface area contributed by atoms with Gasteiger partial charge in [-0.05, 0) is 33.1 Å². The molecule has 0 spiro atoms. The van der Waals surface area contributed by atoms with Crippen molar-refractivity contribution >= 4 is 9.84 Å². The van der Waals surface area contributed by atoms with Crippen molar-refractivity contribution in [2.24, 2.45) is 5.92 Å². The molecule has 1 aromatic rings. The Morgan fingerprint density at radius 2 is 2.21 bits per heavy atom. The highest BCUT2D eigenvalue weighted by Crippen LogP contribution is 2.20. The molecule has 2 rings (SSSR count). The first-order valence-corrected chi connectivity index (χ1v) is 8.52. The average Bonchev–Trinajstić information content (AvgIpc) is 2.82. The van der Waals surface area contributed by atoms with Crippen LogP contribution in [0.5, 0.6) is 0 Å². The van der Waals surface area contributed by atoms with Crippen LogP contribution in [0.3, 0.4) is 0 Å². The Hall–Kier alpha value is -0.880. The van der Waals surface area contributed by atoms with Crippen LogP contribution in [0.15, 0.2) is 12.5 Å². The Morgan fingerprint density at radius 3 is 2.79 bits per heavy atom. The highest BCUT2D eigenvalue weighted by Gasteiger charge is 2.28. The topological polar surface area (TPSA) is 64.0 Å². The standard InChI is InChI=1S/C13H23N3O2S/c1-13(2,3)15-7-12-6-14-10-16(12)8-11-4-5-19(17,18)9-11/h6,10-11,15H,4-5,7-9H2,1-3H3. The van der Waals surface area contributed by atoms with E-state index in [1.807, 2.05) is 6.20 Å². The molecule has 0 radical (unpaired) electrons. The van der Waals surface area contributed by atoms with E-state index in [1.54, 1.807) is 6.33 Å². The summed E-state index contributed by atoms with van der Waals surface area (Å²) >= 11 is 0. The predicted molar refractivity (Wildman–Crippen MR) is 75.6 cm³/mol. The molecule has 1 fully saturated rings. The fraction of sp³-hybridized carbons (Fsp3) is 0.769. The summed E-state index contributed by atoms with van der Waals surface area (Å²) in [6.07, 6.45) is 4.42.